The van der Waals surface area contributed by atoms with Crippen LogP contribution in [0.2, 0.25) is 5.02 Å². The van der Waals surface area contributed by atoms with E-state index in [1.54, 1.807) is 36.4 Å². The fourth-order valence-electron chi connectivity index (χ4n) is 2.29. The number of hydrogen-bond acceptors (Lipinski definition) is 4. The molecule has 2 aromatic carbocycles. The SMILES string of the molecule is O=[N+]([O-])c1ccc(C(Cn2ccnc2)Sc2ccc(Cl)cc2)cc1. The summed E-state index contributed by atoms with van der Waals surface area (Å²) in [6, 6.07) is 14.4. The molecule has 0 fully saturated rings. The lowest BCUT2D eigenvalue weighted by molar-refractivity contribution is -0.384. The standard InChI is InChI=1S/C17H14ClN3O2S/c18-14-3-7-16(8-4-14)24-17(11-20-10-9-19-12-20)13-1-5-15(6-2-13)21(22)23/h1-10,12,17H,11H2. The summed E-state index contributed by atoms with van der Waals surface area (Å²) < 4.78 is 2.00. The fraction of sp³-hybridized carbons (Fsp3) is 0.118. The molecule has 0 aliphatic rings. The van der Waals surface area contributed by atoms with E-state index in [-0.39, 0.29) is 15.9 Å². The maximum Gasteiger partial charge on any atom is 0.269 e. The molecule has 1 unspecified atom stereocenters. The van der Waals surface area contributed by atoms with E-state index in [2.05, 4.69) is 4.98 Å². The lowest BCUT2D eigenvalue weighted by Gasteiger charge is -2.18. The lowest BCUT2D eigenvalue weighted by Crippen LogP contribution is -2.05. The van der Waals surface area contributed by atoms with E-state index in [4.69, 9.17) is 11.6 Å². The van der Waals surface area contributed by atoms with Crippen LogP contribution in [0, 0.1) is 10.1 Å². The quantitative estimate of drug-likeness (QED) is 0.354. The number of nitro groups is 1. The van der Waals surface area contributed by atoms with E-state index in [0.29, 0.717) is 11.6 Å². The number of non-ortho nitro benzene ring substituents is 1. The van der Waals surface area contributed by atoms with Gasteiger partial charge in [0.15, 0.2) is 0 Å². The van der Waals surface area contributed by atoms with Gasteiger partial charge in [0.2, 0.25) is 0 Å². The van der Waals surface area contributed by atoms with Gasteiger partial charge in [0, 0.05) is 41.0 Å². The molecule has 3 rings (SSSR count). The van der Waals surface area contributed by atoms with Crippen LogP contribution in [-0.2, 0) is 6.54 Å². The predicted octanol–water partition coefficient (Wildman–Crippen LogP) is 4.98. The average Bonchev–Trinajstić information content (AvgIpc) is 3.09. The largest absolute Gasteiger partial charge is 0.336 e. The van der Waals surface area contributed by atoms with Gasteiger partial charge in [0.05, 0.1) is 16.5 Å². The zero-order valence-electron chi connectivity index (χ0n) is 12.6. The summed E-state index contributed by atoms with van der Waals surface area (Å²) in [5.74, 6) is 0. The van der Waals surface area contributed by atoms with Crippen LogP contribution in [0.5, 0.6) is 0 Å². The van der Waals surface area contributed by atoms with E-state index in [1.807, 2.05) is 47.2 Å². The highest BCUT2D eigenvalue weighted by Gasteiger charge is 2.16. The molecule has 1 atom stereocenters. The van der Waals surface area contributed by atoms with E-state index < -0.39 is 0 Å². The molecule has 7 heteroatoms. The second-order valence-electron chi connectivity index (χ2n) is 5.17. The highest BCUT2D eigenvalue weighted by molar-refractivity contribution is 7.99. The van der Waals surface area contributed by atoms with Crippen LogP contribution in [0.3, 0.4) is 0 Å². The molecule has 0 saturated carbocycles. The van der Waals surface area contributed by atoms with Gasteiger partial charge in [-0.3, -0.25) is 10.1 Å². The molecule has 0 saturated heterocycles. The third-order valence-corrected chi connectivity index (χ3v) is 5.01. The number of halogens is 1. The molecule has 122 valence electrons. The zero-order valence-corrected chi connectivity index (χ0v) is 14.2. The summed E-state index contributed by atoms with van der Waals surface area (Å²) in [5.41, 5.74) is 1.12. The maximum atomic E-state index is 10.8. The molecule has 0 radical (unpaired) electrons. The molecule has 0 aliphatic heterocycles. The van der Waals surface area contributed by atoms with Crippen LogP contribution in [0.1, 0.15) is 10.8 Å². The number of nitrogens with zero attached hydrogens (tertiary/aromatic N) is 3. The Kier molecular flexibility index (Phi) is 5.17. The average molecular weight is 360 g/mol. The smallest absolute Gasteiger partial charge is 0.269 e. The van der Waals surface area contributed by atoms with E-state index in [1.165, 1.54) is 0 Å². The van der Waals surface area contributed by atoms with Crippen molar-refractivity contribution in [3.8, 4) is 0 Å². The molecule has 24 heavy (non-hydrogen) atoms. The number of aromatic nitrogens is 2. The number of imidazole rings is 1. The first-order valence-electron chi connectivity index (χ1n) is 7.24. The van der Waals surface area contributed by atoms with Crippen molar-refractivity contribution in [3.05, 3.63) is 88.0 Å². The van der Waals surface area contributed by atoms with Gasteiger partial charge in [0.1, 0.15) is 0 Å². The summed E-state index contributed by atoms with van der Waals surface area (Å²) in [4.78, 5) is 15.6. The molecule has 3 aromatic rings. The topological polar surface area (TPSA) is 61.0 Å². The molecule has 0 bridgehead atoms. The van der Waals surface area contributed by atoms with E-state index >= 15 is 0 Å². The second kappa shape index (κ2) is 7.51. The molecule has 1 heterocycles. The van der Waals surface area contributed by atoms with Crippen LogP contribution >= 0.6 is 23.4 Å². The minimum atomic E-state index is -0.388. The van der Waals surface area contributed by atoms with Gasteiger partial charge in [-0.15, -0.1) is 11.8 Å². The Bertz CT molecular complexity index is 805. The Morgan fingerprint density at radius 2 is 1.88 bits per heavy atom. The van der Waals surface area contributed by atoms with Crippen molar-refractivity contribution < 1.29 is 4.92 Å². The van der Waals surface area contributed by atoms with Gasteiger partial charge in [-0.1, -0.05) is 23.7 Å². The van der Waals surface area contributed by atoms with Crippen LogP contribution in [0.15, 0.2) is 72.1 Å². The highest BCUT2D eigenvalue weighted by atomic mass is 35.5. The first-order valence-corrected chi connectivity index (χ1v) is 8.50. The number of benzene rings is 2. The molecule has 5 nitrogen and oxygen atoms in total. The van der Waals surface area contributed by atoms with Crippen LogP contribution in [-0.4, -0.2) is 14.5 Å². The van der Waals surface area contributed by atoms with Crippen molar-refractivity contribution in [2.75, 3.05) is 0 Å². The second-order valence-corrected chi connectivity index (χ2v) is 6.88. The number of thioether (sulfide) groups is 1. The molecule has 1 aromatic heterocycles. The normalized spacial score (nSPS) is 12.0. The highest BCUT2D eigenvalue weighted by Crippen LogP contribution is 2.37. The third kappa shape index (κ3) is 4.15. The summed E-state index contributed by atoms with van der Waals surface area (Å²) in [7, 11) is 0. The first-order chi connectivity index (χ1) is 11.6. The predicted molar refractivity (Wildman–Crippen MR) is 95.4 cm³/mol. The van der Waals surface area contributed by atoms with Gasteiger partial charge in [0.25, 0.3) is 5.69 Å². The van der Waals surface area contributed by atoms with Gasteiger partial charge < -0.3 is 4.57 Å². The number of nitro benzene ring substituents is 1. The van der Waals surface area contributed by atoms with Gasteiger partial charge in [-0.25, -0.2) is 4.98 Å². The monoisotopic (exact) mass is 359 g/mol. The van der Waals surface area contributed by atoms with Crippen LogP contribution in [0.4, 0.5) is 5.69 Å². The van der Waals surface area contributed by atoms with Crippen molar-refractivity contribution in [1.29, 1.82) is 0 Å². The summed E-state index contributed by atoms with van der Waals surface area (Å²) in [5, 5.41) is 11.6. The maximum absolute atomic E-state index is 10.8. The molecular formula is C17H14ClN3O2S. The molecule has 0 aliphatic carbocycles. The van der Waals surface area contributed by atoms with Crippen LogP contribution < -0.4 is 0 Å². The molecule has 0 spiro atoms. The summed E-state index contributed by atoms with van der Waals surface area (Å²) in [6.45, 7) is 0.713. The molecular weight excluding hydrogens is 346 g/mol. The van der Waals surface area contributed by atoms with E-state index in [9.17, 15) is 10.1 Å². The zero-order chi connectivity index (χ0) is 16.9. The van der Waals surface area contributed by atoms with E-state index in [0.717, 1.165) is 10.5 Å². The number of rotatable bonds is 6. The Morgan fingerprint density at radius 3 is 2.46 bits per heavy atom. The van der Waals surface area contributed by atoms with Gasteiger partial charge in [-0.05, 0) is 29.8 Å². The Labute approximate surface area is 148 Å². The summed E-state index contributed by atoms with van der Waals surface area (Å²) >= 11 is 7.63. The molecule has 0 N–H and O–H groups in total. The minimum absolute atomic E-state index is 0.0941. The Morgan fingerprint density at radius 1 is 1.17 bits per heavy atom. The number of hydrogen-bond donors (Lipinski definition) is 0. The Hall–Kier alpha value is -2.31. The van der Waals surface area contributed by atoms with Gasteiger partial charge in [-0.2, -0.15) is 0 Å². The fourth-order valence-corrected chi connectivity index (χ4v) is 3.57. The van der Waals surface area contributed by atoms with Crippen molar-refractivity contribution in [1.82, 2.24) is 9.55 Å². The van der Waals surface area contributed by atoms with Crippen molar-refractivity contribution in [3.63, 3.8) is 0 Å². The summed E-state index contributed by atoms with van der Waals surface area (Å²) in [6.07, 6.45) is 5.40. The van der Waals surface area contributed by atoms with Crippen molar-refractivity contribution in [2.24, 2.45) is 0 Å². The van der Waals surface area contributed by atoms with Gasteiger partial charge >= 0.3 is 0 Å². The lowest BCUT2D eigenvalue weighted by atomic mass is 10.1. The first kappa shape index (κ1) is 16.5. The van der Waals surface area contributed by atoms with Crippen molar-refractivity contribution >= 4 is 29.1 Å². The third-order valence-electron chi connectivity index (χ3n) is 3.50. The van der Waals surface area contributed by atoms with Crippen LogP contribution in [0.25, 0.3) is 0 Å². The minimum Gasteiger partial charge on any atom is -0.336 e. The Balaban J connectivity index is 1.85. The molecule has 0 amide bonds. The van der Waals surface area contributed by atoms with Crippen molar-refractivity contribution in [2.45, 2.75) is 16.7 Å².